The number of nitrogens with two attached hydrogens (primary N) is 2. The molecule has 0 saturated carbocycles. The van der Waals surface area contributed by atoms with Crippen molar-refractivity contribution in [3.8, 4) is 166 Å². The molecule has 2 atom stereocenters. The number of ether oxygens (including phenoxy) is 4. The monoisotopic (exact) mass is 1010 g/mol. The Balaban J connectivity index is 0.000000402. The average molecular weight is 1010 g/mol. The van der Waals surface area contributed by atoms with E-state index < -0.39 is 21.9 Å². The first-order chi connectivity index (χ1) is 31.8. The zero-order chi connectivity index (χ0) is 46.7. The Labute approximate surface area is 399 Å². The molecule has 0 radical (unpaired) electrons. The van der Waals surface area contributed by atoms with E-state index in [1.165, 1.54) is 0 Å². The number of terminal acetylenes is 4. The zero-order valence-corrected chi connectivity index (χ0v) is 39.1. The first-order valence-electron chi connectivity index (χ1n) is 18.4. The molecule has 0 aliphatic carbocycles. The molecule has 0 bridgehead atoms. The number of hydrogen-bond donors (Lipinski definition) is 3. The molecule has 0 amide bonds. The number of benzene rings is 4. The predicted molar refractivity (Wildman–Crippen MR) is 261 cm³/mol. The van der Waals surface area contributed by atoms with Gasteiger partial charge in [-0.05, 0) is 82.8 Å². The Kier molecular flexibility index (Phi) is 22.0. The summed E-state index contributed by atoms with van der Waals surface area (Å²) in [4.78, 5) is 0. The summed E-state index contributed by atoms with van der Waals surface area (Å²) in [6.07, 6.45) is 19.6. The molecule has 12 heteroatoms. The summed E-state index contributed by atoms with van der Waals surface area (Å²) >= 11 is -0.346. The fraction of sp³-hybridized carbons (Fsp3) is 0.0943. The van der Waals surface area contributed by atoms with Crippen molar-refractivity contribution in [3.05, 3.63) is 107 Å². The van der Waals surface area contributed by atoms with Gasteiger partial charge in [0.15, 0.2) is 38.8 Å². The molecule has 0 spiro atoms. The third kappa shape index (κ3) is 14.9. The molecule has 0 aromatic heterocycles. The van der Waals surface area contributed by atoms with E-state index in [1.807, 2.05) is 60.7 Å². The van der Waals surface area contributed by atoms with Gasteiger partial charge in [0.1, 0.15) is 39.4 Å². The number of hydrogen-bond acceptors (Lipinski definition) is 7. The van der Waals surface area contributed by atoms with Gasteiger partial charge in [0.05, 0.1) is 11.1 Å². The third-order valence-electron chi connectivity index (χ3n) is 8.54. The number of fused-ring (bicyclic) bond motifs is 2. The number of aliphatic hydroxyl groups excluding tert-OH is 1. The van der Waals surface area contributed by atoms with Gasteiger partial charge in [-0.2, -0.15) is 0 Å². The van der Waals surface area contributed by atoms with Crippen molar-refractivity contribution in [2.24, 2.45) is 11.5 Å². The molecule has 2 unspecified atom stereocenters. The van der Waals surface area contributed by atoms with Gasteiger partial charge in [-0.15, -0.1) is 25.7 Å². The van der Waals surface area contributed by atoms with Gasteiger partial charge in [-0.3, -0.25) is 0 Å². The van der Waals surface area contributed by atoms with Gasteiger partial charge in [-0.25, -0.2) is 0 Å². The summed E-state index contributed by atoms with van der Waals surface area (Å²) in [6.45, 7) is -0.126. The molecule has 6 rings (SSSR count). The third-order valence-corrected chi connectivity index (χ3v) is 12.0. The Bertz CT molecular complexity index is 2770. The Morgan fingerprint density at radius 2 is 0.815 bits per heavy atom. The minimum atomic E-state index is -2.13. The molecule has 0 saturated heterocycles. The minimum absolute atomic E-state index is 0.0632. The first-order valence-corrected chi connectivity index (χ1v) is 25.9. The predicted octanol–water partition coefficient (Wildman–Crippen LogP) is 6.06. The van der Waals surface area contributed by atoms with Crippen LogP contribution in [-0.2, 0) is 15.1 Å². The summed E-state index contributed by atoms with van der Waals surface area (Å²) in [5, 5.41) is 13.5. The SMILES string of the molecule is C#CC#CC#C[PH+](C#CC#CC#C)c1ccc2c(c1C(O)c1c([PH+](C#CC#CC#C)C#CC#CC#C)ccc3c1OCO3)OCO2.NC(c1ccccc1)C(N)c1ccccc1.[Cl][Ru+2][Cl]. The van der Waals surface area contributed by atoms with Crippen LogP contribution < -0.4 is 41.0 Å². The van der Waals surface area contributed by atoms with Crippen LogP contribution in [0.3, 0.4) is 0 Å². The van der Waals surface area contributed by atoms with Crippen LogP contribution >= 0.6 is 35.2 Å². The van der Waals surface area contributed by atoms with Crippen molar-refractivity contribution < 1.29 is 39.2 Å². The molecule has 5 N–H and O–H groups in total. The molecule has 65 heavy (non-hydrogen) atoms. The molecule has 4 aromatic carbocycles. The molecule has 2 aliphatic rings. The van der Waals surface area contributed by atoms with E-state index in [1.54, 1.807) is 24.3 Å². The quantitative estimate of drug-likeness (QED) is 0.118. The van der Waals surface area contributed by atoms with E-state index in [2.05, 4.69) is 117 Å². The molecule has 312 valence electrons. The van der Waals surface area contributed by atoms with Crippen LogP contribution in [0, 0.1) is 143 Å². The van der Waals surface area contributed by atoms with Gasteiger partial charge in [0, 0.05) is 59.4 Å². The van der Waals surface area contributed by atoms with Crippen LogP contribution in [0.25, 0.3) is 0 Å². The van der Waals surface area contributed by atoms with Crippen molar-refractivity contribution in [2.75, 3.05) is 13.6 Å². The Morgan fingerprint density at radius 1 is 0.492 bits per heavy atom. The second-order valence-corrected chi connectivity index (χ2v) is 18.4. The molecular weight excluding hydrogens is 979 g/mol. The van der Waals surface area contributed by atoms with Crippen molar-refractivity contribution in [1.29, 1.82) is 0 Å². The standard InChI is InChI=1S/C39H14O5P2.C14H16N2.2ClH.Ru/c1-5-9-13-17-25-45(26-18-14-10-6-2)33-23-21-31-38(43-29-41-31)35(33)37(40)36-34(24-22-32-39(36)44-30-42-32)46(27-19-15-11-7-3)28-20-16-12-8-4;15-13(11-7-3-1-4-8-11)14(16)12-9-5-2-6-10-12;;;/h1-4,21-24,37,40H,29-30H2;1-10,13-14H,15-16H2;2*1H;/q;;;;+4. The maximum atomic E-state index is 12.4. The second kappa shape index (κ2) is 28.4. The number of rotatable bonds is 7. The molecule has 7 nitrogen and oxygen atoms in total. The van der Waals surface area contributed by atoms with Crippen molar-refractivity contribution in [1.82, 2.24) is 0 Å². The summed E-state index contributed by atoms with van der Waals surface area (Å²) in [7, 11) is 5.46. The van der Waals surface area contributed by atoms with Crippen molar-refractivity contribution in [2.45, 2.75) is 18.2 Å². The summed E-state index contributed by atoms with van der Waals surface area (Å²) in [5.41, 5.74) is 27.5. The van der Waals surface area contributed by atoms with Gasteiger partial charge in [0.25, 0.3) is 0 Å². The van der Waals surface area contributed by atoms with Crippen LogP contribution in [0.15, 0.2) is 84.9 Å². The van der Waals surface area contributed by atoms with E-state index in [0.29, 0.717) is 44.7 Å². The van der Waals surface area contributed by atoms with Crippen molar-refractivity contribution in [3.63, 3.8) is 0 Å². The second-order valence-electron chi connectivity index (χ2n) is 12.2. The molecule has 2 aliphatic heterocycles. The van der Waals surface area contributed by atoms with Gasteiger partial charge < -0.3 is 35.5 Å². The summed E-state index contributed by atoms with van der Waals surface area (Å²) < 4.78 is 23.1. The molecular formula is C53H32Cl2N2O5P2Ru+4. The van der Waals surface area contributed by atoms with Crippen LogP contribution in [0.1, 0.15) is 40.4 Å². The van der Waals surface area contributed by atoms with Crippen molar-refractivity contribution >= 4 is 45.8 Å². The van der Waals surface area contributed by atoms with Gasteiger partial charge in [0.2, 0.25) is 13.6 Å². The van der Waals surface area contributed by atoms with Crippen LogP contribution in [0.4, 0.5) is 0 Å². The van der Waals surface area contributed by atoms with Gasteiger partial charge >= 0.3 is 34.5 Å². The summed E-state index contributed by atoms with van der Waals surface area (Å²) in [5.74, 6) is 41.6. The van der Waals surface area contributed by atoms with E-state index in [9.17, 15) is 5.11 Å². The average Bonchev–Trinajstić information content (AvgIpc) is 4.03. The molecule has 2 heterocycles. The fourth-order valence-corrected chi connectivity index (χ4v) is 8.81. The zero-order valence-electron chi connectivity index (χ0n) is 33.9. The number of halogens is 2. The number of aliphatic hydroxyl groups is 1. The topological polar surface area (TPSA) is 109 Å². The normalized spacial score (nSPS) is 10.8. The van der Waals surface area contributed by atoms with Crippen LogP contribution in [0.5, 0.6) is 23.0 Å². The first kappa shape index (κ1) is 50.4. The van der Waals surface area contributed by atoms with Crippen LogP contribution in [-0.4, -0.2) is 18.7 Å². The van der Waals surface area contributed by atoms with E-state index in [-0.39, 0.29) is 40.8 Å². The Morgan fingerprint density at radius 3 is 1.12 bits per heavy atom. The van der Waals surface area contributed by atoms with E-state index in [0.717, 1.165) is 11.1 Å². The summed E-state index contributed by atoms with van der Waals surface area (Å²) in [6, 6.07) is 26.5. The molecule has 0 fully saturated rings. The Hall–Kier alpha value is -7.26. The molecule has 4 aromatic rings. The van der Waals surface area contributed by atoms with Gasteiger partial charge in [-0.1, -0.05) is 60.7 Å². The van der Waals surface area contributed by atoms with Crippen LogP contribution in [0.2, 0.25) is 0 Å². The van der Waals surface area contributed by atoms with E-state index in [4.69, 9.17) is 75.5 Å². The fourth-order valence-electron chi connectivity index (χ4n) is 5.85. The van der Waals surface area contributed by atoms with E-state index >= 15 is 0 Å². The maximum absolute atomic E-state index is 12.4.